The van der Waals surface area contributed by atoms with E-state index < -0.39 is 0 Å². The smallest absolute Gasteiger partial charge is 0.0846 e. The molecule has 0 aliphatic rings. The highest BCUT2D eigenvalue weighted by Crippen LogP contribution is 2.35. The van der Waals surface area contributed by atoms with Gasteiger partial charge in [0.25, 0.3) is 0 Å². The fraction of sp³-hybridized carbons (Fsp3) is 0.250. The molecule has 2 aromatic carbocycles. The van der Waals surface area contributed by atoms with E-state index in [1.807, 2.05) is 18.2 Å². The van der Waals surface area contributed by atoms with Crippen LogP contribution in [0.3, 0.4) is 0 Å². The molecule has 0 bridgehead atoms. The molecule has 1 unspecified atom stereocenters. The Bertz CT molecular complexity index is 549. The highest BCUT2D eigenvalue weighted by atomic mass is 79.9. The van der Waals surface area contributed by atoms with Crippen molar-refractivity contribution in [2.24, 2.45) is 0 Å². The summed E-state index contributed by atoms with van der Waals surface area (Å²) in [4.78, 5) is 0. The van der Waals surface area contributed by atoms with Crippen LogP contribution in [-0.2, 0) is 6.42 Å². The number of hydrogen-bond acceptors (Lipinski definition) is 0. The first kappa shape index (κ1) is 15.1. The summed E-state index contributed by atoms with van der Waals surface area (Å²) in [6.07, 6.45) is 2.29. The van der Waals surface area contributed by atoms with Gasteiger partial charge in [-0.05, 0) is 35.2 Å². The van der Waals surface area contributed by atoms with Crippen LogP contribution in [0, 0.1) is 0 Å². The second-order valence-corrected chi connectivity index (χ2v) is 6.73. The van der Waals surface area contributed by atoms with Crippen LogP contribution in [0.1, 0.15) is 35.4 Å². The zero-order valence-electron chi connectivity index (χ0n) is 10.7. The van der Waals surface area contributed by atoms with Gasteiger partial charge in [-0.3, -0.25) is 0 Å². The van der Waals surface area contributed by atoms with Crippen LogP contribution in [0.15, 0.2) is 51.4 Å². The maximum atomic E-state index is 6.57. The van der Waals surface area contributed by atoms with Crippen LogP contribution in [0.25, 0.3) is 0 Å². The van der Waals surface area contributed by atoms with E-state index in [-0.39, 0.29) is 5.38 Å². The van der Waals surface area contributed by atoms with Gasteiger partial charge >= 0.3 is 0 Å². The van der Waals surface area contributed by atoms with E-state index in [0.29, 0.717) is 0 Å². The van der Waals surface area contributed by atoms with E-state index in [1.165, 1.54) is 12.0 Å². The minimum atomic E-state index is -0.127. The number of hydrogen-bond donors (Lipinski definition) is 0. The maximum Gasteiger partial charge on any atom is 0.0846 e. The van der Waals surface area contributed by atoms with Gasteiger partial charge in [0.2, 0.25) is 0 Å². The normalized spacial score (nSPS) is 12.4. The van der Waals surface area contributed by atoms with Gasteiger partial charge in [-0.25, -0.2) is 0 Å². The van der Waals surface area contributed by atoms with Crippen molar-refractivity contribution in [2.45, 2.75) is 25.1 Å². The van der Waals surface area contributed by atoms with E-state index in [1.54, 1.807) is 0 Å². The minimum absolute atomic E-state index is 0.127. The van der Waals surface area contributed by atoms with E-state index in [2.05, 4.69) is 63.0 Å². The Morgan fingerprint density at radius 3 is 2.32 bits per heavy atom. The van der Waals surface area contributed by atoms with Gasteiger partial charge in [0, 0.05) is 8.95 Å². The van der Waals surface area contributed by atoms with Crippen molar-refractivity contribution in [1.29, 1.82) is 0 Å². The molecule has 19 heavy (non-hydrogen) atoms. The average Bonchev–Trinajstić information content (AvgIpc) is 2.39. The molecule has 0 amide bonds. The van der Waals surface area contributed by atoms with E-state index in [0.717, 1.165) is 26.5 Å². The lowest BCUT2D eigenvalue weighted by Gasteiger charge is -2.13. The summed E-state index contributed by atoms with van der Waals surface area (Å²) in [5.41, 5.74) is 3.59. The van der Waals surface area contributed by atoms with Crippen molar-refractivity contribution in [2.75, 3.05) is 0 Å². The topological polar surface area (TPSA) is 0 Å². The molecule has 2 rings (SSSR count). The molecule has 1 atom stereocenters. The number of alkyl halides is 1. The lowest BCUT2D eigenvalue weighted by molar-refractivity contribution is 0.920. The monoisotopic (exact) mass is 400 g/mol. The van der Waals surface area contributed by atoms with Crippen LogP contribution in [0.5, 0.6) is 0 Å². The van der Waals surface area contributed by atoms with Crippen molar-refractivity contribution in [1.82, 2.24) is 0 Å². The summed E-state index contributed by atoms with van der Waals surface area (Å²) in [6, 6.07) is 14.7. The second-order valence-electron chi connectivity index (χ2n) is 4.52. The fourth-order valence-electron chi connectivity index (χ4n) is 2.03. The van der Waals surface area contributed by atoms with Gasteiger partial charge in [0.15, 0.2) is 0 Å². The SMILES string of the molecule is CCCc1ccc(C(Cl)c2ccc(Br)cc2Br)cc1. The lowest BCUT2D eigenvalue weighted by atomic mass is 10.0. The van der Waals surface area contributed by atoms with Crippen LogP contribution in [0.4, 0.5) is 0 Å². The summed E-state index contributed by atoms with van der Waals surface area (Å²) >= 11 is 13.6. The molecule has 100 valence electrons. The van der Waals surface area contributed by atoms with Gasteiger partial charge < -0.3 is 0 Å². The minimum Gasteiger partial charge on any atom is -0.113 e. The van der Waals surface area contributed by atoms with Crippen molar-refractivity contribution >= 4 is 43.5 Å². The van der Waals surface area contributed by atoms with Gasteiger partial charge in [0.1, 0.15) is 0 Å². The molecule has 0 aliphatic carbocycles. The zero-order chi connectivity index (χ0) is 13.8. The fourth-order valence-corrected chi connectivity index (χ4v) is 3.77. The Morgan fingerprint density at radius 1 is 1.05 bits per heavy atom. The van der Waals surface area contributed by atoms with Crippen molar-refractivity contribution in [3.8, 4) is 0 Å². The van der Waals surface area contributed by atoms with Crippen molar-refractivity contribution in [3.05, 3.63) is 68.1 Å². The number of benzene rings is 2. The van der Waals surface area contributed by atoms with Crippen molar-refractivity contribution in [3.63, 3.8) is 0 Å². The molecule has 0 saturated carbocycles. The van der Waals surface area contributed by atoms with Crippen molar-refractivity contribution < 1.29 is 0 Å². The summed E-state index contributed by atoms with van der Waals surface area (Å²) in [5.74, 6) is 0. The molecule has 3 heteroatoms. The average molecular weight is 403 g/mol. The third-order valence-corrected chi connectivity index (χ3v) is 4.71. The molecule has 0 spiro atoms. The first-order valence-electron chi connectivity index (χ1n) is 6.29. The molecule has 2 aromatic rings. The molecule has 0 N–H and O–H groups in total. The third-order valence-electron chi connectivity index (χ3n) is 3.05. The molecule has 0 aromatic heterocycles. The molecule has 0 radical (unpaired) electrons. The van der Waals surface area contributed by atoms with Gasteiger partial charge in [-0.2, -0.15) is 0 Å². The Kier molecular flexibility index (Phi) is 5.49. The van der Waals surface area contributed by atoms with E-state index >= 15 is 0 Å². The van der Waals surface area contributed by atoms with Gasteiger partial charge in [-0.15, -0.1) is 11.6 Å². The summed E-state index contributed by atoms with van der Waals surface area (Å²) in [7, 11) is 0. The quantitative estimate of drug-likeness (QED) is 0.513. The van der Waals surface area contributed by atoms with Crippen LogP contribution >= 0.6 is 43.5 Å². The number of halogens is 3. The largest absolute Gasteiger partial charge is 0.113 e. The van der Waals surface area contributed by atoms with Crippen LogP contribution < -0.4 is 0 Å². The Balaban J connectivity index is 2.25. The summed E-state index contributed by atoms with van der Waals surface area (Å²) in [5, 5.41) is -0.127. The highest BCUT2D eigenvalue weighted by Gasteiger charge is 2.14. The molecular weight excluding hydrogens is 387 g/mol. The molecule has 0 heterocycles. The Hall–Kier alpha value is -0.310. The lowest BCUT2D eigenvalue weighted by Crippen LogP contribution is -1.95. The first-order chi connectivity index (χ1) is 9.11. The standard InChI is InChI=1S/C16H15Br2Cl/c1-2-3-11-4-6-12(7-5-11)16(19)14-9-8-13(17)10-15(14)18/h4-10,16H,2-3H2,1H3. The van der Waals surface area contributed by atoms with Crippen LogP contribution in [0.2, 0.25) is 0 Å². The summed E-state index contributed by atoms with van der Waals surface area (Å²) < 4.78 is 2.07. The van der Waals surface area contributed by atoms with Crippen LogP contribution in [-0.4, -0.2) is 0 Å². The second kappa shape index (κ2) is 6.92. The van der Waals surface area contributed by atoms with E-state index in [4.69, 9.17) is 11.6 Å². The molecule has 0 aliphatic heterocycles. The zero-order valence-corrected chi connectivity index (χ0v) is 14.6. The number of rotatable bonds is 4. The first-order valence-corrected chi connectivity index (χ1v) is 8.32. The van der Waals surface area contributed by atoms with Gasteiger partial charge in [-0.1, -0.05) is 75.5 Å². The summed E-state index contributed by atoms with van der Waals surface area (Å²) in [6.45, 7) is 2.19. The van der Waals surface area contributed by atoms with Gasteiger partial charge in [0.05, 0.1) is 5.38 Å². The highest BCUT2D eigenvalue weighted by molar-refractivity contribution is 9.11. The predicted molar refractivity (Wildman–Crippen MR) is 90.0 cm³/mol. The Labute approximate surface area is 136 Å². The van der Waals surface area contributed by atoms with E-state index in [9.17, 15) is 0 Å². The number of aryl methyl sites for hydroxylation is 1. The third kappa shape index (κ3) is 3.84. The molecular formula is C16H15Br2Cl. The molecule has 0 nitrogen and oxygen atoms in total. The molecule has 0 saturated heterocycles. The maximum absolute atomic E-state index is 6.57. The Morgan fingerprint density at radius 2 is 1.74 bits per heavy atom. The predicted octanol–water partition coefficient (Wildman–Crippen LogP) is 6.49. The molecule has 0 fully saturated rings.